The normalized spacial score (nSPS) is 22.1. The second-order valence-corrected chi connectivity index (χ2v) is 5.97. The zero-order valence-electron chi connectivity index (χ0n) is 12.0. The van der Waals surface area contributed by atoms with Crippen LogP contribution in [0, 0.1) is 6.92 Å². The Bertz CT molecular complexity index is 760. The zero-order chi connectivity index (χ0) is 13.9. The van der Waals surface area contributed by atoms with Gasteiger partial charge < -0.3 is 4.74 Å². The Balaban J connectivity index is 1.98. The molecule has 0 amide bonds. The van der Waals surface area contributed by atoms with Gasteiger partial charge in [0.25, 0.3) is 0 Å². The van der Waals surface area contributed by atoms with Crippen LogP contribution in [0.1, 0.15) is 29.2 Å². The summed E-state index contributed by atoms with van der Waals surface area (Å²) in [6, 6.07) is 12.8. The Kier molecular flexibility index (Phi) is 2.18. The first kappa shape index (κ1) is 11.7. The number of rotatable bonds is 1. The van der Waals surface area contributed by atoms with Gasteiger partial charge in [-0.15, -0.1) is 0 Å². The van der Waals surface area contributed by atoms with Crippen molar-refractivity contribution in [2.24, 2.45) is 4.99 Å². The number of hydrogen-bond donors (Lipinski definition) is 0. The molecule has 1 atom stereocenters. The quantitative estimate of drug-likeness (QED) is 0.763. The van der Waals surface area contributed by atoms with E-state index >= 15 is 0 Å². The third kappa shape index (κ3) is 1.31. The molecule has 0 spiro atoms. The SMILES string of the molecule is COc1cc(C)c2c(c1)C1(C)Cc3ccccc3C1=N2. The first-order chi connectivity index (χ1) is 9.63. The lowest BCUT2D eigenvalue weighted by atomic mass is 9.79. The van der Waals surface area contributed by atoms with E-state index in [4.69, 9.17) is 9.73 Å². The van der Waals surface area contributed by atoms with Crippen LogP contribution in [0.2, 0.25) is 0 Å². The lowest BCUT2D eigenvalue weighted by Gasteiger charge is -2.22. The lowest BCUT2D eigenvalue weighted by molar-refractivity contribution is 0.413. The Hall–Kier alpha value is -2.09. The monoisotopic (exact) mass is 263 g/mol. The number of methoxy groups -OCH3 is 1. The minimum atomic E-state index is -0.00167. The average Bonchev–Trinajstić information content (AvgIpc) is 2.88. The van der Waals surface area contributed by atoms with Gasteiger partial charge in [-0.1, -0.05) is 24.3 Å². The van der Waals surface area contributed by atoms with Crippen LogP contribution in [0.5, 0.6) is 5.75 Å². The van der Waals surface area contributed by atoms with Crippen molar-refractivity contribution in [2.75, 3.05) is 7.11 Å². The summed E-state index contributed by atoms with van der Waals surface area (Å²) in [5.74, 6) is 0.926. The molecule has 0 saturated heterocycles. The van der Waals surface area contributed by atoms with Gasteiger partial charge in [-0.05, 0) is 49.1 Å². The van der Waals surface area contributed by atoms with E-state index in [0.717, 1.165) is 17.9 Å². The van der Waals surface area contributed by atoms with Crippen molar-refractivity contribution in [1.29, 1.82) is 0 Å². The summed E-state index contributed by atoms with van der Waals surface area (Å²) in [5, 5.41) is 0. The van der Waals surface area contributed by atoms with E-state index in [1.807, 2.05) is 0 Å². The number of fused-ring (bicyclic) bond motifs is 5. The molecule has 2 nitrogen and oxygen atoms in total. The smallest absolute Gasteiger partial charge is 0.119 e. The van der Waals surface area contributed by atoms with E-state index in [-0.39, 0.29) is 5.41 Å². The van der Waals surface area contributed by atoms with Crippen LogP contribution < -0.4 is 4.74 Å². The maximum atomic E-state index is 5.44. The third-order valence-electron chi connectivity index (χ3n) is 4.67. The van der Waals surface area contributed by atoms with Crippen molar-refractivity contribution in [3.63, 3.8) is 0 Å². The Morgan fingerprint density at radius 3 is 2.80 bits per heavy atom. The topological polar surface area (TPSA) is 21.6 Å². The summed E-state index contributed by atoms with van der Waals surface area (Å²) < 4.78 is 5.44. The van der Waals surface area contributed by atoms with Gasteiger partial charge in [0.05, 0.1) is 18.5 Å². The van der Waals surface area contributed by atoms with Crippen LogP contribution in [0.25, 0.3) is 0 Å². The van der Waals surface area contributed by atoms with Crippen molar-refractivity contribution in [3.05, 3.63) is 58.7 Å². The van der Waals surface area contributed by atoms with Crippen LogP contribution in [0.4, 0.5) is 5.69 Å². The van der Waals surface area contributed by atoms with Crippen molar-refractivity contribution in [1.82, 2.24) is 0 Å². The van der Waals surface area contributed by atoms with Crippen molar-refractivity contribution >= 4 is 11.4 Å². The number of benzene rings is 2. The number of ether oxygens (including phenoxy) is 1. The second kappa shape index (κ2) is 3.72. The Morgan fingerprint density at radius 1 is 1.20 bits per heavy atom. The molecule has 2 aromatic rings. The summed E-state index contributed by atoms with van der Waals surface area (Å²) in [6.45, 7) is 4.41. The van der Waals surface area contributed by atoms with Gasteiger partial charge in [0.1, 0.15) is 5.75 Å². The molecule has 1 heterocycles. The summed E-state index contributed by atoms with van der Waals surface area (Å²) in [5.41, 5.74) is 7.57. The second-order valence-electron chi connectivity index (χ2n) is 5.97. The van der Waals surface area contributed by atoms with Gasteiger partial charge in [0.2, 0.25) is 0 Å². The molecule has 0 saturated carbocycles. The maximum Gasteiger partial charge on any atom is 0.119 e. The maximum absolute atomic E-state index is 5.44. The highest BCUT2D eigenvalue weighted by Crippen LogP contribution is 2.51. The summed E-state index contributed by atoms with van der Waals surface area (Å²) in [7, 11) is 1.73. The van der Waals surface area contributed by atoms with Crippen LogP contribution >= 0.6 is 0 Å². The molecule has 0 aromatic heterocycles. The molecule has 0 N–H and O–H groups in total. The molecule has 1 unspecified atom stereocenters. The molecule has 1 aliphatic carbocycles. The number of hydrogen-bond acceptors (Lipinski definition) is 2. The highest BCUT2D eigenvalue weighted by molar-refractivity contribution is 6.16. The van der Waals surface area contributed by atoms with Gasteiger partial charge in [-0.25, -0.2) is 0 Å². The molecular weight excluding hydrogens is 246 g/mol. The van der Waals surface area contributed by atoms with Gasteiger partial charge in [-0.3, -0.25) is 4.99 Å². The Labute approximate surface area is 119 Å². The molecule has 20 heavy (non-hydrogen) atoms. The van der Waals surface area contributed by atoms with Crippen molar-refractivity contribution in [3.8, 4) is 5.75 Å². The van der Waals surface area contributed by atoms with Crippen LogP contribution in [-0.4, -0.2) is 12.8 Å². The van der Waals surface area contributed by atoms with Crippen LogP contribution in [0.15, 0.2) is 41.4 Å². The van der Waals surface area contributed by atoms with E-state index < -0.39 is 0 Å². The molecule has 0 fully saturated rings. The number of aliphatic imine (C=N–C) groups is 1. The fraction of sp³-hybridized carbons (Fsp3) is 0.278. The standard InChI is InChI=1S/C18H17NO/c1-11-8-13(20-3)9-15-16(11)19-17-14-7-5-4-6-12(14)10-18(15,17)2/h4-9H,10H2,1-3H3. The van der Waals surface area contributed by atoms with E-state index in [0.29, 0.717) is 0 Å². The van der Waals surface area contributed by atoms with Crippen LogP contribution in [0.3, 0.4) is 0 Å². The summed E-state index contributed by atoms with van der Waals surface area (Å²) in [4.78, 5) is 4.96. The molecule has 2 heteroatoms. The van der Waals surface area contributed by atoms with E-state index in [1.54, 1.807) is 7.11 Å². The number of nitrogens with zero attached hydrogens (tertiary/aromatic N) is 1. The van der Waals surface area contributed by atoms with Crippen molar-refractivity contribution in [2.45, 2.75) is 25.7 Å². The first-order valence-corrected chi connectivity index (χ1v) is 7.00. The molecule has 0 bridgehead atoms. The van der Waals surface area contributed by atoms with Gasteiger partial charge in [-0.2, -0.15) is 0 Å². The Morgan fingerprint density at radius 2 is 2.00 bits per heavy atom. The highest BCUT2D eigenvalue weighted by Gasteiger charge is 2.46. The third-order valence-corrected chi connectivity index (χ3v) is 4.67. The average molecular weight is 263 g/mol. The van der Waals surface area contributed by atoms with Gasteiger partial charge in [0.15, 0.2) is 0 Å². The van der Waals surface area contributed by atoms with E-state index in [2.05, 4.69) is 50.2 Å². The molecule has 0 radical (unpaired) electrons. The minimum Gasteiger partial charge on any atom is -0.497 e. The summed E-state index contributed by atoms with van der Waals surface area (Å²) >= 11 is 0. The summed E-state index contributed by atoms with van der Waals surface area (Å²) in [6.07, 6.45) is 1.03. The highest BCUT2D eigenvalue weighted by atomic mass is 16.5. The molecule has 4 rings (SSSR count). The van der Waals surface area contributed by atoms with Crippen LogP contribution in [-0.2, 0) is 11.8 Å². The van der Waals surface area contributed by atoms with E-state index in [9.17, 15) is 0 Å². The van der Waals surface area contributed by atoms with Gasteiger partial charge in [0, 0.05) is 11.0 Å². The number of aryl methyl sites for hydroxylation is 1. The zero-order valence-corrected chi connectivity index (χ0v) is 12.0. The van der Waals surface area contributed by atoms with E-state index in [1.165, 1.54) is 28.0 Å². The lowest BCUT2D eigenvalue weighted by Crippen LogP contribution is -2.26. The fourth-order valence-electron chi connectivity index (χ4n) is 3.62. The first-order valence-electron chi connectivity index (χ1n) is 7.00. The van der Waals surface area contributed by atoms with Crippen molar-refractivity contribution < 1.29 is 4.74 Å². The van der Waals surface area contributed by atoms with Gasteiger partial charge >= 0.3 is 0 Å². The predicted octanol–water partition coefficient (Wildman–Crippen LogP) is 3.95. The molecule has 2 aliphatic rings. The largest absolute Gasteiger partial charge is 0.497 e. The molecule has 100 valence electrons. The predicted molar refractivity (Wildman–Crippen MR) is 81.4 cm³/mol. The minimum absolute atomic E-state index is 0.00167. The molecule has 1 aliphatic heterocycles. The fourth-order valence-corrected chi connectivity index (χ4v) is 3.62. The molecule has 2 aromatic carbocycles. The molecular formula is C18H17NO.